The minimum Gasteiger partial charge on any atom is -0.212 e. The molecule has 0 aliphatic carbocycles. The van der Waals surface area contributed by atoms with Gasteiger partial charge in [-0.15, -0.1) is 11.3 Å². The van der Waals surface area contributed by atoms with Crippen LogP contribution in [0.4, 0.5) is 0 Å². The highest BCUT2D eigenvalue weighted by molar-refractivity contribution is 9.10. The third-order valence-corrected chi connectivity index (χ3v) is 4.89. The van der Waals surface area contributed by atoms with Crippen molar-refractivity contribution in [2.24, 2.45) is 0 Å². The number of hydrogen-bond acceptors (Lipinski definition) is 3. The fourth-order valence-corrected chi connectivity index (χ4v) is 4.03. The summed E-state index contributed by atoms with van der Waals surface area (Å²) in [5.41, 5.74) is 1.04. The smallest absolute Gasteiger partial charge is 0.212 e. The molecule has 68 valence electrons. The van der Waals surface area contributed by atoms with Crippen LogP contribution in [0.1, 0.15) is 10.4 Å². The lowest BCUT2D eigenvalue weighted by atomic mass is 10.3. The van der Waals surface area contributed by atoms with Crippen LogP contribution < -0.4 is 0 Å². The van der Waals surface area contributed by atoms with Gasteiger partial charge < -0.3 is 0 Å². The van der Waals surface area contributed by atoms with E-state index in [4.69, 9.17) is 10.7 Å². The molecular weight excluding hydrogens is 284 g/mol. The van der Waals surface area contributed by atoms with Crippen molar-refractivity contribution < 1.29 is 8.42 Å². The van der Waals surface area contributed by atoms with Crippen molar-refractivity contribution in [3.8, 4) is 0 Å². The standard InChI is InChI=1S/C6H6BrClO2S2/c1-4-2-11-5(6(4)7)3-12(8,9)10/h2H,3H2,1H3. The molecule has 0 N–H and O–H groups in total. The molecule has 0 radical (unpaired) electrons. The Balaban J connectivity index is 2.99. The Morgan fingerprint density at radius 1 is 1.67 bits per heavy atom. The molecule has 0 spiro atoms. The number of halogens is 2. The van der Waals surface area contributed by atoms with Gasteiger partial charge in [0.25, 0.3) is 0 Å². The molecule has 12 heavy (non-hydrogen) atoms. The van der Waals surface area contributed by atoms with Crippen molar-refractivity contribution in [3.05, 3.63) is 20.3 Å². The van der Waals surface area contributed by atoms with E-state index in [0.717, 1.165) is 14.9 Å². The van der Waals surface area contributed by atoms with Crippen LogP contribution in [-0.4, -0.2) is 8.42 Å². The van der Waals surface area contributed by atoms with Crippen LogP contribution in [-0.2, 0) is 14.8 Å². The number of hydrogen-bond donors (Lipinski definition) is 0. The van der Waals surface area contributed by atoms with Gasteiger partial charge in [-0.05, 0) is 33.8 Å². The molecule has 1 heterocycles. The topological polar surface area (TPSA) is 34.1 Å². The third-order valence-electron chi connectivity index (χ3n) is 1.27. The van der Waals surface area contributed by atoms with Gasteiger partial charge in [-0.25, -0.2) is 8.42 Å². The largest absolute Gasteiger partial charge is 0.237 e. The van der Waals surface area contributed by atoms with Gasteiger partial charge in [0.05, 0.1) is 0 Å². The molecule has 6 heteroatoms. The van der Waals surface area contributed by atoms with Gasteiger partial charge in [0, 0.05) is 20.0 Å². The lowest BCUT2D eigenvalue weighted by Gasteiger charge is -1.93. The second-order valence-electron chi connectivity index (χ2n) is 2.34. The van der Waals surface area contributed by atoms with Crippen molar-refractivity contribution in [2.45, 2.75) is 12.7 Å². The second kappa shape index (κ2) is 3.65. The molecule has 0 bridgehead atoms. The normalized spacial score (nSPS) is 11.9. The number of thiophene rings is 1. The molecular formula is C6H6BrClO2S2. The van der Waals surface area contributed by atoms with Gasteiger partial charge in [0.15, 0.2) is 0 Å². The first-order valence-corrected chi connectivity index (χ1v) is 7.20. The van der Waals surface area contributed by atoms with Crippen molar-refractivity contribution >= 4 is 47.0 Å². The summed E-state index contributed by atoms with van der Waals surface area (Å²) in [4.78, 5) is 0.752. The minimum absolute atomic E-state index is 0.104. The van der Waals surface area contributed by atoms with Crippen LogP contribution in [0, 0.1) is 6.92 Å². The molecule has 1 aromatic heterocycles. The number of aryl methyl sites for hydroxylation is 1. The molecule has 0 unspecified atom stereocenters. The molecule has 0 saturated carbocycles. The third kappa shape index (κ3) is 2.73. The van der Waals surface area contributed by atoms with E-state index >= 15 is 0 Å². The van der Waals surface area contributed by atoms with Crippen LogP contribution in [0.2, 0.25) is 0 Å². The SMILES string of the molecule is Cc1csc(CS(=O)(=O)Cl)c1Br. The Morgan fingerprint density at radius 2 is 2.25 bits per heavy atom. The van der Waals surface area contributed by atoms with Crippen LogP contribution in [0.25, 0.3) is 0 Å². The zero-order valence-electron chi connectivity index (χ0n) is 6.17. The Morgan fingerprint density at radius 3 is 2.58 bits per heavy atom. The van der Waals surface area contributed by atoms with Gasteiger partial charge in [0.2, 0.25) is 9.05 Å². The van der Waals surface area contributed by atoms with Crippen LogP contribution in [0.5, 0.6) is 0 Å². The lowest BCUT2D eigenvalue weighted by molar-refractivity contribution is 0.609. The average molecular weight is 290 g/mol. The van der Waals surface area contributed by atoms with E-state index in [2.05, 4.69) is 15.9 Å². The summed E-state index contributed by atoms with van der Waals surface area (Å²) in [6.07, 6.45) is 0. The van der Waals surface area contributed by atoms with Crippen molar-refractivity contribution in [2.75, 3.05) is 0 Å². The zero-order valence-corrected chi connectivity index (χ0v) is 10.1. The molecule has 2 nitrogen and oxygen atoms in total. The van der Waals surface area contributed by atoms with E-state index in [1.165, 1.54) is 11.3 Å². The molecule has 0 aromatic carbocycles. The highest BCUT2D eigenvalue weighted by Crippen LogP contribution is 2.29. The number of rotatable bonds is 2. The maximum atomic E-state index is 10.7. The van der Waals surface area contributed by atoms with E-state index in [9.17, 15) is 8.42 Å². The van der Waals surface area contributed by atoms with Crippen molar-refractivity contribution in [3.63, 3.8) is 0 Å². The van der Waals surface area contributed by atoms with E-state index in [-0.39, 0.29) is 5.75 Å². The van der Waals surface area contributed by atoms with Crippen molar-refractivity contribution in [1.82, 2.24) is 0 Å². The first kappa shape index (κ1) is 10.5. The fourth-order valence-electron chi connectivity index (χ4n) is 0.737. The maximum absolute atomic E-state index is 10.7. The first-order valence-electron chi connectivity index (χ1n) is 3.05. The Bertz CT molecular complexity index is 382. The fraction of sp³-hybridized carbons (Fsp3) is 0.333. The Labute approximate surface area is 88.1 Å². The highest BCUT2D eigenvalue weighted by atomic mass is 79.9. The van der Waals surface area contributed by atoms with E-state index in [1.807, 2.05) is 12.3 Å². The predicted molar refractivity (Wildman–Crippen MR) is 55.2 cm³/mol. The van der Waals surface area contributed by atoms with Gasteiger partial charge in [-0.2, -0.15) is 0 Å². The quantitative estimate of drug-likeness (QED) is 0.785. The van der Waals surface area contributed by atoms with E-state index in [0.29, 0.717) is 0 Å². The van der Waals surface area contributed by atoms with Gasteiger partial charge in [-0.3, -0.25) is 0 Å². The summed E-state index contributed by atoms with van der Waals surface area (Å²) in [5.74, 6) is -0.104. The summed E-state index contributed by atoms with van der Waals surface area (Å²) < 4.78 is 22.3. The summed E-state index contributed by atoms with van der Waals surface area (Å²) >= 11 is 4.68. The van der Waals surface area contributed by atoms with Crippen LogP contribution >= 0.6 is 37.9 Å². The molecule has 0 atom stereocenters. The molecule has 0 saturated heterocycles. The summed E-state index contributed by atoms with van der Waals surface area (Å²) in [6, 6.07) is 0. The second-order valence-corrected chi connectivity index (χ2v) is 6.87. The monoisotopic (exact) mass is 288 g/mol. The van der Waals surface area contributed by atoms with E-state index < -0.39 is 9.05 Å². The van der Waals surface area contributed by atoms with Crippen molar-refractivity contribution in [1.29, 1.82) is 0 Å². The molecule has 1 aromatic rings. The van der Waals surface area contributed by atoms with Gasteiger partial charge in [-0.1, -0.05) is 0 Å². The zero-order chi connectivity index (χ0) is 9.35. The van der Waals surface area contributed by atoms with Crippen LogP contribution in [0.3, 0.4) is 0 Å². The van der Waals surface area contributed by atoms with Gasteiger partial charge >= 0.3 is 0 Å². The maximum Gasteiger partial charge on any atom is 0.237 e. The van der Waals surface area contributed by atoms with E-state index in [1.54, 1.807) is 0 Å². The molecule has 0 aliphatic heterocycles. The molecule has 0 aliphatic rings. The average Bonchev–Trinajstić information content (AvgIpc) is 2.16. The van der Waals surface area contributed by atoms with Crippen LogP contribution in [0.15, 0.2) is 9.85 Å². The summed E-state index contributed by atoms with van der Waals surface area (Å²) in [6.45, 7) is 1.91. The summed E-state index contributed by atoms with van der Waals surface area (Å²) in [5, 5.41) is 1.89. The molecule has 1 rings (SSSR count). The Hall–Kier alpha value is 0.420. The first-order chi connectivity index (χ1) is 5.40. The Kier molecular flexibility index (Phi) is 3.20. The van der Waals surface area contributed by atoms with Gasteiger partial charge in [0.1, 0.15) is 5.75 Å². The molecule has 0 fully saturated rings. The highest BCUT2D eigenvalue weighted by Gasteiger charge is 2.13. The lowest BCUT2D eigenvalue weighted by Crippen LogP contribution is -1.92. The predicted octanol–water partition coefficient (Wildman–Crippen LogP) is 2.89. The summed E-state index contributed by atoms with van der Waals surface area (Å²) in [7, 11) is 1.67. The minimum atomic E-state index is -3.43. The molecule has 0 amide bonds.